The number of nitrogens with zero attached hydrogens (tertiary/aromatic N) is 2. The molecule has 12 aromatic rings. The fraction of sp³-hybridized carbons (Fsp3) is 0.133. The number of aromatic nitrogens is 2. The molecular formula is C60H42N2O2. The van der Waals surface area contributed by atoms with Crippen molar-refractivity contribution in [2.75, 3.05) is 0 Å². The van der Waals surface area contributed by atoms with Crippen LogP contribution in [0.2, 0.25) is 0 Å². The molecule has 4 heteroatoms. The molecule has 0 N–H and O–H groups in total. The van der Waals surface area contributed by atoms with Gasteiger partial charge in [0.25, 0.3) is 0 Å². The van der Waals surface area contributed by atoms with Gasteiger partial charge in [-0.15, -0.1) is 0 Å². The lowest BCUT2D eigenvalue weighted by atomic mass is 9.66. The molecule has 1 spiro atoms. The van der Waals surface area contributed by atoms with Crippen molar-refractivity contribution in [3.8, 4) is 11.4 Å². The van der Waals surface area contributed by atoms with Crippen molar-refractivity contribution in [3.63, 3.8) is 0 Å². The van der Waals surface area contributed by atoms with Crippen LogP contribution in [0.3, 0.4) is 0 Å². The van der Waals surface area contributed by atoms with Crippen LogP contribution in [0.25, 0.3) is 104 Å². The molecule has 1 unspecified atom stereocenters. The van der Waals surface area contributed by atoms with Crippen LogP contribution in [-0.4, -0.2) is 9.13 Å². The molecule has 1 saturated carbocycles. The van der Waals surface area contributed by atoms with Gasteiger partial charge >= 0.3 is 0 Å². The van der Waals surface area contributed by atoms with Crippen LogP contribution >= 0.6 is 0 Å². The third-order valence-corrected chi connectivity index (χ3v) is 15.5. The van der Waals surface area contributed by atoms with Crippen molar-refractivity contribution in [1.82, 2.24) is 9.13 Å². The molecule has 304 valence electrons. The van der Waals surface area contributed by atoms with E-state index in [0.717, 1.165) is 61.7 Å². The third-order valence-electron chi connectivity index (χ3n) is 15.5. The minimum absolute atomic E-state index is 0.0799. The number of rotatable bonds is 3. The van der Waals surface area contributed by atoms with Crippen LogP contribution in [0.5, 0.6) is 0 Å². The first kappa shape index (κ1) is 35.0. The van der Waals surface area contributed by atoms with Gasteiger partial charge < -0.3 is 18.0 Å². The molecule has 0 bridgehead atoms. The molecule has 0 aliphatic heterocycles. The van der Waals surface area contributed by atoms with E-state index >= 15 is 0 Å². The molecule has 1 atom stereocenters. The number of furan rings is 2. The standard InChI is InChI=1S/C60H42N2O2/c1-10-28-60(29-11-1)50-27-21-36(37-20-24-42-40-12-2-6-16-52(40)61(54(42)31-37)38-22-25-45-43-14-4-8-18-56(43)63-58(45)32-38)30-47(50)48-35-55-49(34-51(48)60)41-13-3-7-17-53(41)62(55)39-23-26-46-44-15-5-9-19-57(44)64-59(46)33-39/h2-9,12-27,31-35,47H,1,10-11,28-30H2. The van der Waals surface area contributed by atoms with Crippen molar-refractivity contribution in [2.45, 2.75) is 49.9 Å². The summed E-state index contributed by atoms with van der Waals surface area (Å²) >= 11 is 0. The maximum Gasteiger partial charge on any atom is 0.137 e. The first-order chi connectivity index (χ1) is 31.7. The normalized spacial score (nSPS) is 17.2. The van der Waals surface area contributed by atoms with Gasteiger partial charge in [0.05, 0.1) is 22.1 Å². The van der Waals surface area contributed by atoms with Gasteiger partial charge in [-0.3, -0.25) is 0 Å². The highest BCUT2D eigenvalue weighted by Gasteiger charge is 2.49. The largest absolute Gasteiger partial charge is 0.456 e. The summed E-state index contributed by atoms with van der Waals surface area (Å²) in [5.74, 6) is 0.318. The number of hydrogen-bond acceptors (Lipinski definition) is 2. The SMILES string of the molecule is C1=C(c2ccc3c4ccccc4n(-c4ccc5c(c4)oc4ccccc45)c3c2)CC2C(=C1)C1(CCCCC1)c1cc3c4ccccc4n(-c4ccc5c(c4)oc4ccccc45)c3cc12. The van der Waals surface area contributed by atoms with Crippen molar-refractivity contribution < 1.29 is 8.83 Å². The van der Waals surface area contributed by atoms with E-state index in [2.05, 4.69) is 179 Å². The molecule has 0 saturated heterocycles. The predicted molar refractivity (Wildman–Crippen MR) is 264 cm³/mol. The Morgan fingerprint density at radius 3 is 1.61 bits per heavy atom. The van der Waals surface area contributed by atoms with E-state index in [1.165, 1.54) is 92.4 Å². The van der Waals surface area contributed by atoms with E-state index in [1.54, 1.807) is 11.1 Å². The number of allylic oxidation sites excluding steroid dienone is 4. The monoisotopic (exact) mass is 822 g/mol. The van der Waals surface area contributed by atoms with E-state index in [-0.39, 0.29) is 5.41 Å². The van der Waals surface area contributed by atoms with E-state index in [4.69, 9.17) is 8.83 Å². The molecule has 3 aliphatic rings. The van der Waals surface area contributed by atoms with Crippen LogP contribution in [0, 0.1) is 0 Å². The van der Waals surface area contributed by atoms with Gasteiger partial charge in [0.15, 0.2) is 0 Å². The summed E-state index contributed by atoms with van der Waals surface area (Å²) in [6.07, 6.45) is 12.3. The number of benzene rings is 8. The maximum atomic E-state index is 6.46. The average Bonchev–Trinajstić information content (AvgIpc) is 4.14. The number of fused-ring (bicyclic) bond motifs is 17. The van der Waals surface area contributed by atoms with Crippen LogP contribution in [0.4, 0.5) is 0 Å². The van der Waals surface area contributed by atoms with Crippen LogP contribution in [0.1, 0.15) is 61.1 Å². The Morgan fingerprint density at radius 1 is 0.422 bits per heavy atom. The molecule has 4 heterocycles. The summed E-state index contributed by atoms with van der Waals surface area (Å²) < 4.78 is 17.8. The highest BCUT2D eigenvalue weighted by atomic mass is 16.3. The lowest BCUT2D eigenvalue weighted by molar-refractivity contribution is 0.342. The molecule has 64 heavy (non-hydrogen) atoms. The molecule has 3 aliphatic carbocycles. The fourth-order valence-electron chi connectivity index (χ4n) is 12.7. The lowest BCUT2D eigenvalue weighted by Crippen LogP contribution is -2.29. The Morgan fingerprint density at radius 2 is 0.953 bits per heavy atom. The highest BCUT2D eigenvalue weighted by Crippen LogP contribution is 2.61. The van der Waals surface area contributed by atoms with Gasteiger partial charge in [0, 0.05) is 77.9 Å². The van der Waals surface area contributed by atoms with Gasteiger partial charge in [-0.1, -0.05) is 122 Å². The fourth-order valence-corrected chi connectivity index (χ4v) is 12.7. The molecule has 4 nitrogen and oxygen atoms in total. The van der Waals surface area contributed by atoms with Gasteiger partial charge in [0.1, 0.15) is 22.3 Å². The molecule has 0 amide bonds. The Balaban J connectivity index is 0.895. The predicted octanol–water partition coefficient (Wildman–Crippen LogP) is 16.4. The van der Waals surface area contributed by atoms with Gasteiger partial charge in [-0.2, -0.15) is 0 Å². The molecule has 0 radical (unpaired) electrons. The second kappa shape index (κ2) is 12.8. The summed E-state index contributed by atoms with van der Waals surface area (Å²) in [5, 5.41) is 9.79. The summed E-state index contributed by atoms with van der Waals surface area (Å²) in [6, 6.07) is 60.4. The van der Waals surface area contributed by atoms with Crippen molar-refractivity contribution >= 4 is 93.1 Å². The average molecular weight is 823 g/mol. The van der Waals surface area contributed by atoms with Gasteiger partial charge in [-0.05, 0) is 108 Å². The topological polar surface area (TPSA) is 36.1 Å². The van der Waals surface area contributed by atoms with Gasteiger partial charge in [-0.25, -0.2) is 0 Å². The molecular weight excluding hydrogens is 781 g/mol. The summed E-state index contributed by atoms with van der Waals surface area (Å²) in [7, 11) is 0. The van der Waals surface area contributed by atoms with Crippen molar-refractivity contribution in [1.29, 1.82) is 0 Å². The Labute approximate surface area is 368 Å². The zero-order chi connectivity index (χ0) is 41.7. The minimum Gasteiger partial charge on any atom is -0.456 e. The smallest absolute Gasteiger partial charge is 0.137 e. The van der Waals surface area contributed by atoms with Crippen LogP contribution < -0.4 is 0 Å². The number of para-hydroxylation sites is 4. The van der Waals surface area contributed by atoms with Crippen LogP contribution in [-0.2, 0) is 5.41 Å². The summed E-state index contributed by atoms with van der Waals surface area (Å²) in [4.78, 5) is 0. The third kappa shape index (κ3) is 4.67. The highest BCUT2D eigenvalue weighted by molar-refractivity contribution is 6.13. The lowest BCUT2D eigenvalue weighted by Gasteiger charge is -2.38. The van der Waals surface area contributed by atoms with Crippen molar-refractivity contribution in [2.24, 2.45) is 0 Å². The second-order valence-electron chi connectivity index (χ2n) is 18.7. The Kier molecular flexibility index (Phi) is 6.97. The quantitative estimate of drug-likeness (QED) is 0.178. The Bertz CT molecular complexity index is 4040. The van der Waals surface area contributed by atoms with E-state index in [1.807, 2.05) is 6.07 Å². The molecule has 8 aromatic carbocycles. The summed E-state index contributed by atoms with van der Waals surface area (Å²) in [6.45, 7) is 0. The van der Waals surface area contributed by atoms with Crippen LogP contribution in [0.15, 0.2) is 190 Å². The molecule has 4 aromatic heterocycles. The molecule has 15 rings (SSSR count). The van der Waals surface area contributed by atoms with E-state index in [9.17, 15) is 0 Å². The summed E-state index contributed by atoms with van der Waals surface area (Å²) in [5.41, 5.74) is 18.3. The van der Waals surface area contributed by atoms with E-state index in [0.29, 0.717) is 5.92 Å². The minimum atomic E-state index is 0.0799. The number of hydrogen-bond donors (Lipinski definition) is 0. The maximum absolute atomic E-state index is 6.46. The zero-order valence-electron chi connectivity index (χ0n) is 35.3. The van der Waals surface area contributed by atoms with Crippen molar-refractivity contribution in [3.05, 3.63) is 198 Å². The van der Waals surface area contributed by atoms with Gasteiger partial charge in [0.2, 0.25) is 0 Å². The molecule has 1 fully saturated rings. The first-order valence-electron chi connectivity index (χ1n) is 23.0. The zero-order valence-corrected chi connectivity index (χ0v) is 35.3. The van der Waals surface area contributed by atoms with E-state index < -0.39 is 0 Å². The first-order valence-corrected chi connectivity index (χ1v) is 23.0. The Hall–Kier alpha value is -7.56. The second-order valence-corrected chi connectivity index (χ2v) is 18.7.